The van der Waals surface area contributed by atoms with Crippen LogP contribution in [-0.4, -0.2) is 30.1 Å². The molecule has 18 heavy (non-hydrogen) atoms. The minimum absolute atomic E-state index is 0.307. The van der Waals surface area contributed by atoms with Crippen LogP contribution in [0.5, 0.6) is 5.75 Å². The van der Waals surface area contributed by atoms with E-state index in [-0.39, 0.29) is 5.75 Å². The van der Waals surface area contributed by atoms with Gasteiger partial charge in [-0.15, -0.1) is 0 Å². The quantitative estimate of drug-likeness (QED) is 0.466. The van der Waals surface area contributed by atoms with E-state index in [1.807, 2.05) is 0 Å². The predicted molar refractivity (Wildman–Crippen MR) is 53.7 cm³/mol. The fraction of sp³-hybridized carbons (Fsp3) is 0.333. The molecule has 9 heteroatoms. The van der Waals surface area contributed by atoms with Gasteiger partial charge in [-0.25, -0.2) is 18.6 Å². The standard InChI is InChI=1S/C9H8F2N2O5/c1-17-4-3-12-6(8(10)11)7(13(15)16)5(4)9(14)18-2/h3,8H,1-2H3. The number of halogens is 2. The van der Waals surface area contributed by atoms with Gasteiger partial charge in [0, 0.05) is 0 Å². The minimum atomic E-state index is -3.19. The van der Waals surface area contributed by atoms with Crippen molar-refractivity contribution in [2.75, 3.05) is 14.2 Å². The summed E-state index contributed by atoms with van der Waals surface area (Å²) in [6.45, 7) is 0. The van der Waals surface area contributed by atoms with E-state index in [2.05, 4.69) is 14.5 Å². The predicted octanol–water partition coefficient (Wildman–Crippen LogP) is 1.72. The lowest BCUT2D eigenvalue weighted by Crippen LogP contribution is -2.12. The highest BCUT2D eigenvalue weighted by Crippen LogP contribution is 2.35. The molecule has 0 radical (unpaired) electrons. The van der Waals surface area contributed by atoms with E-state index in [0.717, 1.165) is 20.4 Å². The zero-order chi connectivity index (χ0) is 13.9. The molecule has 0 saturated heterocycles. The SMILES string of the molecule is COC(=O)c1c(OC)cnc(C(F)F)c1[N+](=O)[O-]. The average molecular weight is 262 g/mol. The number of carbonyl (C=O) groups excluding carboxylic acids is 1. The highest BCUT2D eigenvalue weighted by molar-refractivity contribution is 5.97. The average Bonchev–Trinajstić information content (AvgIpc) is 2.35. The van der Waals surface area contributed by atoms with Gasteiger partial charge in [0.1, 0.15) is 0 Å². The van der Waals surface area contributed by atoms with Gasteiger partial charge >= 0.3 is 11.7 Å². The maximum Gasteiger partial charge on any atom is 0.348 e. The zero-order valence-electron chi connectivity index (χ0n) is 9.35. The van der Waals surface area contributed by atoms with Gasteiger partial charge < -0.3 is 9.47 Å². The number of ether oxygens (including phenoxy) is 2. The van der Waals surface area contributed by atoms with Crippen molar-refractivity contribution < 1.29 is 28.0 Å². The molecule has 0 bridgehead atoms. The summed E-state index contributed by atoms with van der Waals surface area (Å²) in [5.74, 6) is -1.46. The number of rotatable bonds is 4. The van der Waals surface area contributed by atoms with Crippen LogP contribution in [0.4, 0.5) is 14.5 Å². The van der Waals surface area contributed by atoms with Crippen molar-refractivity contribution in [1.29, 1.82) is 0 Å². The van der Waals surface area contributed by atoms with Crippen LogP contribution >= 0.6 is 0 Å². The third-order valence-electron chi connectivity index (χ3n) is 2.05. The Morgan fingerprint density at radius 2 is 2.11 bits per heavy atom. The molecular formula is C9H8F2N2O5. The number of hydrogen-bond donors (Lipinski definition) is 0. The molecule has 1 aromatic heterocycles. The molecule has 0 spiro atoms. The van der Waals surface area contributed by atoms with Gasteiger partial charge in [0.25, 0.3) is 6.43 Å². The molecule has 0 aliphatic heterocycles. The van der Waals surface area contributed by atoms with E-state index in [4.69, 9.17) is 0 Å². The number of hydrogen-bond acceptors (Lipinski definition) is 6. The van der Waals surface area contributed by atoms with E-state index in [0.29, 0.717) is 0 Å². The Bertz CT molecular complexity index is 492. The highest BCUT2D eigenvalue weighted by atomic mass is 19.3. The second-order valence-electron chi connectivity index (χ2n) is 2.98. The Morgan fingerprint density at radius 3 is 2.50 bits per heavy atom. The van der Waals surface area contributed by atoms with Gasteiger partial charge in [-0.1, -0.05) is 0 Å². The van der Waals surface area contributed by atoms with Crippen molar-refractivity contribution in [3.05, 3.63) is 27.6 Å². The van der Waals surface area contributed by atoms with Crippen molar-refractivity contribution in [2.24, 2.45) is 0 Å². The number of nitrogens with zero attached hydrogens (tertiary/aromatic N) is 2. The summed E-state index contributed by atoms with van der Waals surface area (Å²) in [5, 5.41) is 10.8. The topological polar surface area (TPSA) is 91.6 Å². The van der Waals surface area contributed by atoms with Crippen LogP contribution in [0.2, 0.25) is 0 Å². The van der Waals surface area contributed by atoms with Crippen LogP contribution in [-0.2, 0) is 4.74 Å². The zero-order valence-corrected chi connectivity index (χ0v) is 9.35. The number of methoxy groups -OCH3 is 2. The maximum atomic E-state index is 12.6. The minimum Gasteiger partial charge on any atom is -0.494 e. The number of carbonyl (C=O) groups is 1. The van der Waals surface area contributed by atoms with E-state index in [1.54, 1.807) is 0 Å². The summed E-state index contributed by atoms with van der Waals surface area (Å²) in [4.78, 5) is 24.3. The highest BCUT2D eigenvalue weighted by Gasteiger charge is 2.34. The Kier molecular flexibility index (Phi) is 4.08. The molecule has 1 heterocycles. The molecule has 0 fully saturated rings. The summed E-state index contributed by atoms with van der Waals surface area (Å²) in [6, 6.07) is 0. The molecule has 0 saturated carbocycles. The third kappa shape index (κ3) is 2.34. The molecule has 7 nitrogen and oxygen atoms in total. The second-order valence-corrected chi connectivity index (χ2v) is 2.98. The van der Waals surface area contributed by atoms with Crippen molar-refractivity contribution >= 4 is 11.7 Å². The van der Waals surface area contributed by atoms with Crippen molar-refractivity contribution in [2.45, 2.75) is 6.43 Å². The largest absolute Gasteiger partial charge is 0.494 e. The molecule has 0 N–H and O–H groups in total. The summed E-state index contributed by atoms with van der Waals surface area (Å²) in [5.41, 5.74) is -2.91. The molecule has 1 aromatic rings. The van der Waals surface area contributed by atoms with E-state index in [1.165, 1.54) is 0 Å². The summed E-state index contributed by atoms with van der Waals surface area (Å²) >= 11 is 0. The smallest absolute Gasteiger partial charge is 0.348 e. The Hall–Kier alpha value is -2.32. The molecule has 0 aliphatic rings. The summed E-state index contributed by atoms with van der Waals surface area (Å²) < 4.78 is 34.2. The van der Waals surface area contributed by atoms with Gasteiger partial charge in [-0.05, 0) is 0 Å². The fourth-order valence-electron chi connectivity index (χ4n) is 1.30. The normalized spacial score (nSPS) is 10.3. The van der Waals surface area contributed by atoms with Gasteiger partial charge in [0.2, 0.25) is 0 Å². The van der Waals surface area contributed by atoms with E-state index < -0.39 is 34.3 Å². The van der Waals surface area contributed by atoms with E-state index >= 15 is 0 Å². The molecule has 0 aromatic carbocycles. The molecule has 98 valence electrons. The van der Waals surface area contributed by atoms with Crippen LogP contribution in [0.1, 0.15) is 22.5 Å². The van der Waals surface area contributed by atoms with E-state index in [9.17, 15) is 23.7 Å². The molecule has 0 amide bonds. The lowest BCUT2D eigenvalue weighted by Gasteiger charge is -2.09. The molecule has 0 aliphatic carbocycles. The van der Waals surface area contributed by atoms with Crippen molar-refractivity contribution in [1.82, 2.24) is 4.98 Å². The number of esters is 1. The first-order valence-electron chi connectivity index (χ1n) is 4.51. The first kappa shape index (κ1) is 13.7. The van der Waals surface area contributed by atoms with Gasteiger partial charge in [-0.2, -0.15) is 0 Å². The molecule has 0 atom stereocenters. The fourth-order valence-corrected chi connectivity index (χ4v) is 1.30. The lowest BCUT2D eigenvalue weighted by atomic mass is 10.1. The van der Waals surface area contributed by atoms with Crippen LogP contribution in [0.25, 0.3) is 0 Å². The Labute approximate surface area is 99.5 Å². The summed E-state index contributed by atoms with van der Waals surface area (Å²) in [6.07, 6.45) is -2.39. The van der Waals surface area contributed by atoms with Gasteiger partial charge in [0.05, 0.1) is 25.3 Å². The van der Waals surface area contributed by atoms with Crippen LogP contribution in [0.15, 0.2) is 6.20 Å². The third-order valence-corrected chi connectivity index (χ3v) is 2.05. The number of alkyl halides is 2. The maximum absolute atomic E-state index is 12.6. The number of pyridine rings is 1. The number of nitro groups is 1. The molecule has 1 rings (SSSR count). The van der Waals surface area contributed by atoms with Gasteiger partial charge in [-0.3, -0.25) is 10.1 Å². The first-order chi connectivity index (χ1) is 8.43. The number of aromatic nitrogens is 1. The lowest BCUT2D eigenvalue weighted by molar-refractivity contribution is -0.387. The van der Waals surface area contributed by atoms with Crippen molar-refractivity contribution in [3.8, 4) is 5.75 Å². The molecule has 0 unspecified atom stereocenters. The second kappa shape index (κ2) is 5.34. The van der Waals surface area contributed by atoms with Crippen molar-refractivity contribution in [3.63, 3.8) is 0 Å². The molecular weight excluding hydrogens is 254 g/mol. The first-order valence-corrected chi connectivity index (χ1v) is 4.51. The van der Waals surface area contributed by atoms with Crippen LogP contribution < -0.4 is 4.74 Å². The monoisotopic (exact) mass is 262 g/mol. The Morgan fingerprint density at radius 1 is 1.50 bits per heavy atom. The summed E-state index contributed by atoms with van der Waals surface area (Å²) in [7, 11) is 2.09. The van der Waals surface area contributed by atoms with Gasteiger partial charge in [0.15, 0.2) is 17.0 Å². The van der Waals surface area contributed by atoms with Crippen LogP contribution in [0, 0.1) is 10.1 Å². The Balaban J connectivity index is 3.64. The van der Waals surface area contributed by atoms with Crippen LogP contribution in [0.3, 0.4) is 0 Å².